The van der Waals surface area contributed by atoms with Gasteiger partial charge < -0.3 is 4.74 Å². The molecule has 2 aromatic carbocycles. The molecule has 0 bridgehead atoms. The third kappa shape index (κ3) is 2.77. The van der Waals surface area contributed by atoms with E-state index >= 15 is 0 Å². The molecule has 0 aromatic heterocycles. The molecule has 2 aromatic rings. The minimum Gasteiger partial charge on any atom is -0.457 e. The standard InChI is InChI=1S/C16H16O2/c1-3-6-16(18-12(2)17)15-10-9-13-7-4-5-8-14(13)11-15/h3-5,7-11,16H,1,6H2,2H3. The summed E-state index contributed by atoms with van der Waals surface area (Å²) >= 11 is 0. The fraction of sp³-hybridized carbons (Fsp3) is 0.188. The van der Waals surface area contributed by atoms with Crippen LogP contribution in [0.3, 0.4) is 0 Å². The minimum atomic E-state index is -0.269. The molecule has 0 saturated carbocycles. The van der Waals surface area contributed by atoms with Crippen molar-refractivity contribution in [2.24, 2.45) is 0 Å². The van der Waals surface area contributed by atoms with E-state index in [1.165, 1.54) is 12.3 Å². The van der Waals surface area contributed by atoms with E-state index in [-0.39, 0.29) is 12.1 Å². The van der Waals surface area contributed by atoms with Crippen LogP contribution in [0.1, 0.15) is 25.0 Å². The second kappa shape index (κ2) is 5.50. The van der Waals surface area contributed by atoms with Gasteiger partial charge in [0.1, 0.15) is 6.10 Å². The second-order valence-corrected chi connectivity index (χ2v) is 4.23. The summed E-state index contributed by atoms with van der Waals surface area (Å²) in [6.07, 6.45) is 2.14. The van der Waals surface area contributed by atoms with E-state index in [2.05, 4.69) is 24.8 Å². The molecule has 1 unspecified atom stereocenters. The molecule has 0 fully saturated rings. The van der Waals surface area contributed by atoms with Crippen LogP contribution in [-0.2, 0) is 9.53 Å². The van der Waals surface area contributed by atoms with Crippen LogP contribution >= 0.6 is 0 Å². The van der Waals surface area contributed by atoms with Gasteiger partial charge in [-0.05, 0) is 22.4 Å². The third-order valence-corrected chi connectivity index (χ3v) is 2.83. The Hall–Kier alpha value is -2.09. The average molecular weight is 240 g/mol. The van der Waals surface area contributed by atoms with Crippen molar-refractivity contribution in [1.82, 2.24) is 0 Å². The van der Waals surface area contributed by atoms with Crippen LogP contribution in [0.2, 0.25) is 0 Å². The van der Waals surface area contributed by atoms with Gasteiger partial charge in [-0.2, -0.15) is 0 Å². The molecule has 0 radical (unpaired) electrons. The van der Waals surface area contributed by atoms with Crippen LogP contribution in [0.15, 0.2) is 55.1 Å². The van der Waals surface area contributed by atoms with Gasteiger partial charge in [0.05, 0.1) is 0 Å². The molecule has 0 heterocycles. The molecular weight excluding hydrogens is 224 g/mol. The lowest BCUT2D eigenvalue weighted by Gasteiger charge is -2.16. The van der Waals surface area contributed by atoms with Crippen molar-refractivity contribution >= 4 is 16.7 Å². The maximum absolute atomic E-state index is 11.1. The molecule has 0 amide bonds. The van der Waals surface area contributed by atoms with Gasteiger partial charge in [0.25, 0.3) is 0 Å². The summed E-state index contributed by atoms with van der Waals surface area (Å²) in [6, 6.07) is 14.2. The molecule has 0 aliphatic heterocycles. The lowest BCUT2D eigenvalue weighted by atomic mass is 10.0. The van der Waals surface area contributed by atoms with E-state index in [1.807, 2.05) is 24.3 Å². The molecule has 18 heavy (non-hydrogen) atoms. The van der Waals surface area contributed by atoms with E-state index in [0.29, 0.717) is 6.42 Å². The zero-order valence-corrected chi connectivity index (χ0v) is 10.4. The molecule has 2 nitrogen and oxygen atoms in total. The van der Waals surface area contributed by atoms with Gasteiger partial charge in [-0.1, -0.05) is 42.5 Å². The summed E-state index contributed by atoms with van der Waals surface area (Å²) in [5.74, 6) is -0.269. The topological polar surface area (TPSA) is 26.3 Å². The van der Waals surface area contributed by atoms with E-state index in [9.17, 15) is 4.79 Å². The van der Waals surface area contributed by atoms with Crippen LogP contribution in [-0.4, -0.2) is 5.97 Å². The number of fused-ring (bicyclic) bond motifs is 1. The van der Waals surface area contributed by atoms with Gasteiger partial charge in [0.15, 0.2) is 0 Å². The Bertz CT molecular complexity index is 572. The van der Waals surface area contributed by atoms with Crippen molar-refractivity contribution in [3.8, 4) is 0 Å². The Morgan fingerprint density at radius 2 is 2.00 bits per heavy atom. The van der Waals surface area contributed by atoms with E-state index in [4.69, 9.17) is 4.74 Å². The number of carbonyl (C=O) groups is 1. The second-order valence-electron chi connectivity index (χ2n) is 4.23. The number of rotatable bonds is 4. The molecule has 1 atom stereocenters. The quantitative estimate of drug-likeness (QED) is 0.596. The minimum absolute atomic E-state index is 0.246. The Morgan fingerprint density at radius 1 is 1.28 bits per heavy atom. The first kappa shape index (κ1) is 12.4. The number of esters is 1. The highest BCUT2D eigenvalue weighted by Crippen LogP contribution is 2.25. The lowest BCUT2D eigenvalue weighted by Crippen LogP contribution is -2.07. The van der Waals surface area contributed by atoms with Crippen LogP contribution < -0.4 is 0 Å². The maximum Gasteiger partial charge on any atom is 0.303 e. The normalized spacial score (nSPS) is 12.1. The van der Waals surface area contributed by atoms with Crippen molar-refractivity contribution < 1.29 is 9.53 Å². The smallest absolute Gasteiger partial charge is 0.303 e. The predicted octanol–water partition coefficient (Wildman–Crippen LogP) is 4.02. The van der Waals surface area contributed by atoms with Gasteiger partial charge in [0, 0.05) is 13.3 Å². The largest absolute Gasteiger partial charge is 0.457 e. The summed E-state index contributed by atoms with van der Waals surface area (Å²) in [5.41, 5.74) is 1.00. The highest BCUT2D eigenvalue weighted by Gasteiger charge is 2.13. The fourth-order valence-electron chi connectivity index (χ4n) is 2.01. The van der Waals surface area contributed by atoms with Crippen LogP contribution in [0.4, 0.5) is 0 Å². The molecule has 0 aliphatic rings. The third-order valence-electron chi connectivity index (χ3n) is 2.83. The molecule has 2 rings (SSSR count). The average Bonchev–Trinajstić information content (AvgIpc) is 2.37. The highest BCUT2D eigenvalue weighted by molar-refractivity contribution is 5.83. The summed E-state index contributed by atoms with van der Waals surface area (Å²) in [6.45, 7) is 5.13. The zero-order valence-electron chi connectivity index (χ0n) is 10.4. The lowest BCUT2D eigenvalue weighted by molar-refractivity contribution is -0.146. The van der Waals surface area contributed by atoms with Crippen molar-refractivity contribution in [3.63, 3.8) is 0 Å². The highest BCUT2D eigenvalue weighted by atomic mass is 16.5. The molecule has 0 spiro atoms. The molecule has 0 saturated heterocycles. The summed E-state index contributed by atoms with van der Waals surface area (Å²) in [5, 5.41) is 2.33. The monoisotopic (exact) mass is 240 g/mol. The molecule has 92 valence electrons. The fourth-order valence-corrected chi connectivity index (χ4v) is 2.01. The summed E-state index contributed by atoms with van der Waals surface area (Å²) in [7, 11) is 0. The van der Waals surface area contributed by atoms with E-state index in [0.717, 1.165) is 10.9 Å². The summed E-state index contributed by atoms with van der Waals surface area (Å²) in [4.78, 5) is 11.1. The number of hydrogen-bond acceptors (Lipinski definition) is 2. The zero-order chi connectivity index (χ0) is 13.0. The molecule has 0 N–H and O–H groups in total. The number of hydrogen-bond donors (Lipinski definition) is 0. The van der Waals surface area contributed by atoms with Gasteiger partial charge in [-0.15, -0.1) is 6.58 Å². The number of ether oxygens (including phenoxy) is 1. The van der Waals surface area contributed by atoms with Crippen molar-refractivity contribution in [1.29, 1.82) is 0 Å². The van der Waals surface area contributed by atoms with E-state index < -0.39 is 0 Å². The Labute approximate surface area is 107 Å². The molecule has 0 aliphatic carbocycles. The first-order valence-corrected chi connectivity index (χ1v) is 5.97. The first-order valence-electron chi connectivity index (χ1n) is 5.97. The van der Waals surface area contributed by atoms with Crippen LogP contribution in [0.5, 0.6) is 0 Å². The SMILES string of the molecule is C=CCC(OC(C)=O)c1ccc2ccccc2c1. The number of benzene rings is 2. The van der Waals surface area contributed by atoms with Gasteiger partial charge in [-0.3, -0.25) is 4.79 Å². The number of carbonyl (C=O) groups excluding carboxylic acids is 1. The van der Waals surface area contributed by atoms with Crippen LogP contribution in [0.25, 0.3) is 10.8 Å². The predicted molar refractivity (Wildman–Crippen MR) is 73.3 cm³/mol. The van der Waals surface area contributed by atoms with Crippen LogP contribution in [0, 0.1) is 0 Å². The molecular formula is C16H16O2. The Morgan fingerprint density at radius 3 is 2.67 bits per heavy atom. The Kier molecular flexibility index (Phi) is 3.78. The van der Waals surface area contributed by atoms with Gasteiger partial charge >= 0.3 is 5.97 Å². The van der Waals surface area contributed by atoms with Crippen molar-refractivity contribution in [2.75, 3.05) is 0 Å². The van der Waals surface area contributed by atoms with Gasteiger partial charge in [-0.25, -0.2) is 0 Å². The summed E-state index contributed by atoms with van der Waals surface area (Å²) < 4.78 is 5.32. The maximum atomic E-state index is 11.1. The first-order chi connectivity index (χ1) is 8.70. The van der Waals surface area contributed by atoms with E-state index in [1.54, 1.807) is 6.08 Å². The van der Waals surface area contributed by atoms with Crippen molar-refractivity contribution in [2.45, 2.75) is 19.4 Å². The van der Waals surface area contributed by atoms with Gasteiger partial charge in [0.2, 0.25) is 0 Å². The molecule has 2 heteroatoms. The Balaban J connectivity index is 2.37. The van der Waals surface area contributed by atoms with Crippen molar-refractivity contribution in [3.05, 3.63) is 60.7 Å².